The lowest BCUT2D eigenvalue weighted by Crippen LogP contribution is -2.37. The smallest absolute Gasteiger partial charge is 0.105 e. The maximum Gasteiger partial charge on any atom is 0.105 e. The summed E-state index contributed by atoms with van der Waals surface area (Å²) in [5, 5.41) is 13.9. The van der Waals surface area contributed by atoms with Crippen LogP contribution in [0, 0.1) is 0 Å². The molecule has 0 bridgehead atoms. The number of rotatable bonds is 4. The summed E-state index contributed by atoms with van der Waals surface area (Å²) >= 11 is 12.4. The van der Waals surface area contributed by atoms with Crippen molar-refractivity contribution < 1.29 is 5.11 Å². The number of nitrogens with zero attached hydrogens (tertiary/aromatic N) is 2. The van der Waals surface area contributed by atoms with Crippen LogP contribution in [-0.2, 0) is 25.1 Å². The van der Waals surface area contributed by atoms with Crippen LogP contribution < -0.4 is 0 Å². The third kappa shape index (κ3) is 3.57. The molecule has 1 atom stereocenters. The second kappa shape index (κ2) is 7.38. The summed E-state index contributed by atoms with van der Waals surface area (Å²) < 4.78 is 2.28. The van der Waals surface area contributed by atoms with Crippen LogP contribution in [0.5, 0.6) is 0 Å². The van der Waals surface area contributed by atoms with Gasteiger partial charge in [-0.05, 0) is 62.2 Å². The quantitative estimate of drug-likeness (QED) is 0.597. The third-order valence-corrected chi connectivity index (χ3v) is 6.40. The van der Waals surface area contributed by atoms with E-state index in [1.165, 1.54) is 16.6 Å². The van der Waals surface area contributed by atoms with E-state index in [4.69, 9.17) is 23.2 Å². The fourth-order valence-electron chi connectivity index (χ4n) is 4.27. The van der Waals surface area contributed by atoms with Crippen LogP contribution in [0.25, 0.3) is 10.9 Å². The molecule has 2 aromatic carbocycles. The van der Waals surface area contributed by atoms with E-state index < -0.39 is 5.60 Å². The van der Waals surface area contributed by atoms with Gasteiger partial charge in [0, 0.05) is 52.2 Å². The van der Waals surface area contributed by atoms with Gasteiger partial charge in [0.2, 0.25) is 0 Å². The van der Waals surface area contributed by atoms with Crippen molar-refractivity contribution in [2.24, 2.45) is 0 Å². The van der Waals surface area contributed by atoms with Crippen LogP contribution in [0.4, 0.5) is 0 Å². The maximum atomic E-state index is 11.3. The van der Waals surface area contributed by atoms with Crippen molar-refractivity contribution in [3.05, 3.63) is 69.3 Å². The minimum absolute atomic E-state index is 0.490. The van der Waals surface area contributed by atoms with E-state index in [-0.39, 0.29) is 0 Å². The number of fused-ring (bicyclic) bond motifs is 3. The summed E-state index contributed by atoms with van der Waals surface area (Å²) in [5.74, 6) is 0. The van der Waals surface area contributed by atoms with Crippen molar-refractivity contribution in [1.82, 2.24) is 9.47 Å². The second-order valence-corrected chi connectivity index (χ2v) is 9.14. The number of halogens is 2. The largest absolute Gasteiger partial charge is 0.384 e. The zero-order valence-electron chi connectivity index (χ0n) is 16.5. The predicted octanol–water partition coefficient (Wildman–Crippen LogP) is 5.62. The highest BCUT2D eigenvalue weighted by atomic mass is 35.5. The first kappa shape index (κ1) is 19.8. The van der Waals surface area contributed by atoms with Crippen LogP contribution in [-0.4, -0.2) is 27.2 Å². The summed E-state index contributed by atoms with van der Waals surface area (Å²) in [6, 6.07) is 14.0. The summed E-state index contributed by atoms with van der Waals surface area (Å²) in [7, 11) is 0. The van der Waals surface area contributed by atoms with Crippen molar-refractivity contribution in [2.75, 3.05) is 6.54 Å². The molecule has 1 aliphatic heterocycles. The molecule has 1 aliphatic rings. The number of benzene rings is 2. The van der Waals surface area contributed by atoms with Gasteiger partial charge >= 0.3 is 0 Å². The van der Waals surface area contributed by atoms with Crippen molar-refractivity contribution in [2.45, 2.75) is 51.9 Å². The number of hydrogen-bond acceptors (Lipinski definition) is 2. The van der Waals surface area contributed by atoms with Crippen LogP contribution in [0.15, 0.2) is 42.5 Å². The van der Waals surface area contributed by atoms with E-state index in [1.54, 1.807) is 0 Å². The Balaban J connectivity index is 1.80. The van der Waals surface area contributed by atoms with Crippen molar-refractivity contribution in [1.29, 1.82) is 0 Å². The highest BCUT2D eigenvalue weighted by molar-refractivity contribution is 6.31. The summed E-state index contributed by atoms with van der Waals surface area (Å²) in [6.45, 7) is 8.78. The lowest BCUT2D eigenvalue weighted by atomic mass is 9.95. The molecular formula is C23H26Cl2N2O. The van der Waals surface area contributed by atoms with Crippen molar-refractivity contribution in [3.8, 4) is 0 Å². The van der Waals surface area contributed by atoms with Gasteiger partial charge < -0.3 is 9.67 Å². The monoisotopic (exact) mass is 416 g/mol. The first-order valence-corrected chi connectivity index (χ1v) is 10.5. The Kier molecular flexibility index (Phi) is 5.22. The molecule has 0 amide bonds. The van der Waals surface area contributed by atoms with E-state index in [0.29, 0.717) is 17.6 Å². The molecule has 0 saturated carbocycles. The zero-order valence-corrected chi connectivity index (χ0v) is 18.1. The van der Waals surface area contributed by atoms with Gasteiger partial charge in [0.1, 0.15) is 5.60 Å². The standard InChI is InChI=1S/C23H26Cl2N2O/c1-15(2)26-11-10-22-20(13-26)19-12-18(25)8-9-21(19)27(22)14-23(3,28)16-4-6-17(24)7-5-16/h4-9,12,15,28H,10-11,13-14H2,1-3H3. The average molecular weight is 417 g/mol. The minimum Gasteiger partial charge on any atom is -0.384 e. The molecule has 0 aliphatic carbocycles. The van der Waals surface area contributed by atoms with Crippen LogP contribution in [0.1, 0.15) is 37.6 Å². The molecule has 5 heteroatoms. The average Bonchev–Trinajstić information content (AvgIpc) is 2.94. The van der Waals surface area contributed by atoms with Gasteiger partial charge in [-0.25, -0.2) is 0 Å². The SMILES string of the molecule is CC(C)N1CCc2c(c3cc(Cl)ccc3n2CC(C)(O)c2ccc(Cl)cc2)C1. The molecule has 1 N–H and O–H groups in total. The first-order valence-electron chi connectivity index (χ1n) is 9.78. The van der Waals surface area contributed by atoms with Crippen LogP contribution >= 0.6 is 23.2 Å². The Bertz CT molecular complexity index is 1010. The van der Waals surface area contributed by atoms with Crippen LogP contribution in [0.3, 0.4) is 0 Å². The fraction of sp³-hybridized carbons (Fsp3) is 0.391. The molecule has 1 aromatic heterocycles. The van der Waals surface area contributed by atoms with Crippen molar-refractivity contribution >= 4 is 34.1 Å². The van der Waals surface area contributed by atoms with Crippen molar-refractivity contribution in [3.63, 3.8) is 0 Å². The van der Waals surface area contributed by atoms with Gasteiger partial charge in [0.25, 0.3) is 0 Å². The highest BCUT2D eigenvalue weighted by Gasteiger charge is 2.30. The molecule has 0 saturated heterocycles. The zero-order chi connectivity index (χ0) is 20.1. The van der Waals surface area contributed by atoms with Gasteiger partial charge in [0.05, 0.1) is 6.54 Å². The number of aromatic nitrogens is 1. The molecule has 2 heterocycles. The molecule has 1 unspecified atom stereocenters. The lowest BCUT2D eigenvalue weighted by Gasteiger charge is -2.32. The molecule has 4 rings (SSSR count). The molecule has 3 nitrogen and oxygen atoms in total. The van der Waals surface area contributed by atoms with E-state index in [2.05, 4.69) is 35.4 Å². The molecular weight excluding hydrogens is 391 g/mol. The fourth-order valence-corrected chi connectivity index (χ4v) is 4.57. The van der Waals surface area contributed by atoms with Gasteiger partial charge in [0.15, 0.2) is 0 Å². The molecule has 0 spiro atoms. The highest BCUT2D eigenvalue weighted by Crippen LogP contribution is 2.36. The van der Waals surface area contributed by atoms with Crippen LogP contribution in [0.2, 0.25) is 10.0 Å². The molecule has 0 fully saturated rings. The molecule has 0 radical (unpaired) electrons. The Morgan fingerprint density at radius 3 is 2.43 bits per heavy atom. The summed E-state index contributed by atoms with van der Waals surface area (Å²) in [5.41, 5.74) is 3.64. The topological polar surface area (TPSA) is 28.4 Å². The van der Waals surface area contributed by atoms with E-state index >= 15 is 0 Å². The van der Waals surface area contributed by atoms with E-state index in [9.17, 15) is 5.11 Å². The summed E-state index contributed by atoms with van der Waals surface area (Å²) in [4.78, 5) is 2.49. The van der Waals surface area contributed by atoms with Gasteiger partial charge in [-0.1, -0.05) is 35.3 Å². The lowest BCUT2D eigenvalue weighted by molar-refractivity contribution is 0.0383. The van der Waals surface area contributed by atoms with Gasteiger partial charge in [-0.15, -0.1) is 0 Å². The number of aliphatic hydroxyl groups is 1. The Labute approximate surface area is 176 Å². The second-order valence-electron chi connectivity index (χ2n) is 8.27. The maximum absolute atomic E-state index is 11.3. The normalized spacial score (nSPS) is 17.1. The predicted molar refractivity (Wildman–Crippen MR) is 117 cm³/mol. The van der Waals surface area contributed by atoms with Gasteiger partial charge in [-0.2, -0.15) is 0 Å². The molecule has 3 aromatic rings. The number of hydrogen-bond donors (Lipinski definition) is 1. The summed E-state index contributed by atoms with van der Waals surface area (Å²) in [6.07, 6.45) is 0.969. The van der Waals surface area contributed by atoms with E-state index in [0.717, 1.165) is 35.6 Å². The Morgan fingerprint density at radius 1 is 1.07 bits per heavy atom. The third-order valence-electron chi connectivity index (χ3n) is 5.91. The molecule has 28 heavy (non-hydrogen) atoms. The van der Waals surface area contributed by atoms with E-state index in [1.807, 2.05) is 37.3 Å². The molecule has 148 valence electrons. The minimum atomic E-state index is -1.00. The Hall–Kier alpha value is -1.52. The first-order chi connectivity index (χ1) is 13.3. The Morgan fingerprint density at radius 2 is 1.75 bits per heavy atom. The van der Waals surface area contributed by atoms with Gasteiger partial charge in [-0.3, -0.25) is 4.90 Å².